The van der Waals surface area contributed by atoms with Crippen LogP contribution in [-0.4, -0.2) is 60.5 Å². The Morgan fingerprint density at radius 3 is 2.28 bits per heavy atom. The van der Waals surface area contributed by atoms with Crippen molar-refractivity contribution in [2.45, 2.75) is 26.7 Å². The van der Waals surface area contributed by atoms with Gasteiger partial charge in [-0.15, -0.1) is 0 Å². The molecule has 0 aromatic rings. The minimum atomic E-state index is -1.33. The van der Waals surface area contributed by atoms with Crippen LogP contribution in [0.1, 0.15) is 26.7 Å². The van der Waals surface area contributed by atoms with Crippen LogP contribution < -0.4 is 0 Å². The summed E-state index contributed by atoms with van der Waals surface area (Å²) in [5, 5.41) is 9.05. The predicted molar refractivity (Wildman–Crippen MR) is 69.3 cm³/mol. The summed E-state index contributed by atoms with van der Waals surface area (Å²) in [5.74, 6) is -0.892. The first-order chi connectivity index (χ1) is 8.25. The van der Waals surface area contributed by atoms with Gasteiger partial charge in [-0.1, -0.05) is 0 Å². The molecule has 0 aliphatic carbocycles. The zero-order chi connectivity index (χ0) is 13.9. The van der Waals surface area contributed by atoms with Crippen molar-refractivity contribution in [3.8, 4) is 0 Å². The third-order valence-corrected chi connectivity index (χ3v) is 3.79. The van der Waals surface area contributed by atoms with Gasteiger partial charge in [-0.3, -0.25) is 9.59 Å². The number of carboxylic acid groups (broad SMARTS) is 1. The second kappa shape index (κ2) is 5.69. The average Bonchev–Trinajstić information content (AvgIpc) is 2.30. The summed E-state index contributed by atoms with van der Waals surface area (Å²) in [5.41, 5.74) is -1.33. The van der Waals surface area contributed by atoms with E-state index in [1.807, 2.05) is 0 Å². The van der Waals surface area contributed by atoms with E-state index < -0.39 is 11.4 Å². The van der Waals surface area contributed by atoms with Gasteiger partial charge in [0.2, 0.25) is 5.91 Å². The normalized spacial score (nSPS) is 18.7. The summed E-state index contributed by atoms with van der Waals surface area (Å²) in [6, 6.07) is 0. The van der Waals surface area contributed by atoms with Crippen LogP contribution in [0.2, 0.25) is 0 Å². The highest BCUT2D eigenvalue weighted by Gasteiger charge is 2.38. The van der Waals surface area contributed by atoms with E-state index in [-0.39, 0.29) is 5.91 Å². The molecule has 5 nitrogen and oxygen atoms in total. The molecule has 0 unspecified atom stereocenters. The Kier molecular flexibility index (Phi) is 4.73. The molecule has 1 heterocycles. The number of nitrogens with zero attached hydrogens (tertiary/aromatic N) is 2. The van der Waals surface area contributed by atoms with E-state index in [2.05, 4.69) is 11.9 Å². The molecule has 5 heteroatoms. The van der Waals surface area contributed by atoms with Crippen molar-refractivity contribution < 1.29 is 14.7 Å². The van der Waals surface area contributed by atoms with E-state index in [1.165, 1.54) is 13.8 Å². The fourth-order valence-electron chi connectivity index (χ4n) is 2.28. The van der Waals surface area contributed by atoms with Crippen LogP contribution in [-0.2, 0) is 9.59 Å². The molecule has 0 atom stereocenters. The van der Waals surface area contributed by atoms with Gasteiger partial charge >= 0.3 is 5.97 Å². The highest BCUT2D eigenvalue weighted by atomic mass is 16.4. The lowest BCUT2D eigenvalue weighted by Crippen LogP contribution is -2.46. The maximum Gasteiger partial charge on any atom is 0.318 e. The molecule has 0 radical (unpaired) electrons. The lowest BCUT2D eigenvalue weighted by molar-refractivity contribution is -0.157. The summed E-state index contributed by atoms with van der Waals surface area (Å²) in [4.78, 5) is 27.0. The van der Waals surface area contributed by atoms with Crippen molar-refractivity contribution in [2.75, 3.05) is 33.7 Å². The number of likely N-dealkylation sites (tertiary alicyclic amines) is 1. The molecular formula is C13H24N2O3. The van der Waals surface area contributed by atoms with Gasteiger partial charge in [0, 0.05) is 13.6 Å². The van der Waals surface area contributed by atoms with Crippen molar-refractivity contribution in [1.29, 1.82) is 0 Å². The van der Waals surface area contributed by atoms with E-state index in [0.717, 1.165) is 25.9 Å². The maximum absolute atomic E-state index is 12.1. The first-order valence-corrected chi connectivity index (χ1v) is 6.42. The lowest BCUT2D eigenvalue weighted by Gasteiger charge is -2.33. The van der Waals surface area contributed by atoms with Crippen molar-refractivity contribution in [1.82, 2.24) is 9.80 Å². The average molecular weight is 256 g/mol. The Hall–Kier alpha value is -1.10. The number of rotatable bonds is 4. The number of hydrogen-bond donors (Lipinski definition) is 1. The first kappa shape index (κ1) is 15.0. The van der Waals surface area contributed by atoms with Gasteiger partial charge in [-0.25, -0.2) is 0 Å². The number of aliphatic carboxylic acids is 1. The quantitative estimate of drug-likeness (QED) is 0.759. The minimum Gasteiger partial charge on any atom is -0.480 e. The van der Waals surface area contributed by atoms with Crippen molar-refractivity contribution in [2.24, 2.45) is 11.3 Å². The largest absolute Gasteiger partial charge is 0.480 e. The van der Waals surface area contributed by atoms with Gasteiger partial charge in [0.25, 0.3) is 0 Å². The van der Waals surface area contributed by atoms with Crippen LogP contribution in [0.25, 0.3) is 0 Å². The number of carboxylic acids is 1. The van der Waals surface area contributed by atoms with Gasteiger partial charge in [-0.2, -0.15) is 0 Å². The Morgan fingerprint density at radius 1 is 1.33 bits per heavy atom. The monoisotopic (exact) mass is 256 g/mol. The molecule has 0 bridgehead atoms. The van der Waals surface area contributed by atoms with Gasteiger partial charge in [0.15, 0.2) is 0 Å². The molecule has 1 rings (SSSR count). The Balaban J connectivity index is 2.52. The molecule has 0 aromatic heterocycles. The van der Waals surface area contributed by atoms with E-state index in [0.29, 0.717) is 12.5 Å². The van der Waals surface area contributed by atoms with Crippen molar-refractivity contribution >= 4 is 11.9 Å². The molecule has 1 amide bonds. The summed E-state index contributed by atoms with van der Waals surface area (Å²) in [6.07, 6.45) is 2.14. The van der Waals surface area contributed by atoms with Crippen molar-refractivity contribution in [3.05, 3.63) is 0 Å². The second-order valence-electron chi connectivity index (χ2n) is 5.86. The molecule has 18 heavy (non-hydrogen) atoms. The maximum atomic E-state index is 12.1. The highest BCUT2D eigenvalue weighted by Crippen LogP contribution is 2.22. The summed E-state index contributed by atoms with van der Waals surface area (Å²) in [7, 11) is 3.80. The summed E-state index contributed by atoms with van der Waals surface area (Å²) >= 11 is 0. The Morgan fingerprint density at radius 2 is 1.83 bits per heavy atom. The Labute approximate surface area is 109 Å². The molecule has 0 saturated carbocycles. The third-order valence-electron chi connectivity index (χ3n) is 3.79. The number of carbonyl (C=O) groups excluding carboxylic acids is 1. The molecule has 1 fully saturated rings. The predicted octanol–water partition coefficient (Wildman–Crippen LogP) is 0.897. The summed E-state index contributed by atoms with van der Waals surface area (Å²) < 4.78 is 0. The molecular weight excluding hydrogens is 232 g/mol. The number of hydrogen-bond acceptors (Lipinski definition) is 3. The highest BCUT2D eigenvalue weighted by molar-refractivity contribution is 6.00. The Bertz CT molecular complexity index is 320. The van der Waals surface area contributed by atoms with Gasteiger partial charge in [-0.05, 0) is 52.7 Å². The van der Waals surface area contributed by atoms with Crippen LogP contribution in [0.15, 0.2) is 0 Å². The smallest absolute Gasteiger partial charge is 0.318 e. The zero-order valence-electron chi connectivity index (χ0n) is 11.8. The van der Waals surface area contributed by atoms with Crippen LogP contribution in [0.5, 0.6) is 0 Å². The van der Waals surface area contributed by atoms with Crippen LogP contribution in [0, 0.1) is 11.3 Å². The van der Waals surface area contributed by atoms with Gasteiger partial charge in [0.05, 0.1) is 0 Å². The molecule has 0 spiro atoms. The first-order valence-electron chi connectivity index (χ1n) is 6.42. The van der Waals surface area contributed by atoms with Gasteiger partial charge in [0.1, 0.15) is 5.41 Å². The standard InChI is InChI=1S/C13H24N2O3/c1-13(2,12(17)18)11(16)15(4)9-10-5-7-14(3)8-6-10/h10H,5-9H2,1-4H3,(H,17,18). The fourth-order valence-corrected chi connectivity index (χ4v) is 2.28. The van der Waals surface area contributed by atoms with Crippen molar-refractivity contribution in [3.63, 3.8) is 0 Å². The minimum absolute atomic E-state index is 0.311. The third kappa shape index (κ3) is 3.45. The van der Waals surface area contributed by atoms with Gasteiger partial charge < -0.3 is 14.9 Å². The molecule has 1 N–H and O–H groups in total. The molecule has 1 aliphatic heterocycles. The number of piperidine rings is 1. The SMILES string of the molecule is CN1CCC(CN(C)C(=O)C(C)(C)C(=O)O)CC1. The zero-order valence-corrected chi connectivity index (χ0v) is 11.8. The number of carbonyl (C=O) groups is 2. The van der Waals surface area contributed by atoms with Crippen LogP contribution in [0.4, 0.5) is 0 Å². The molecule has 1 aliphatic rings. The molecule has 0 aromatic carbocycles. The lowest BCUT2D eigenvalue weighted by atomic mass is 9.90. The van der Waals surface area contributed by atoms with Crippen LogP contribution >= 0.6 is 0 Å². The molecule has 104 valence electrons. The summed E-state index contributed by atoms with van der Waals surface area (Å²) in [6.45, 7) is 5.68. The fraction of sp³-hybridized carbons (Fsp3) is 0.846. The molecule has 1 saturated heterocycles. The van der Waals surface area contributed by atoms with E-state index in [9.17, 15) is 9.59 Å². The topological polar surface area (TPSA) is 60.9 Å². The van der Waals surface area contributed by atoms with Crippen LogP contribution in [0.3, 0.4) is 0 Å². The second-order valence-corrected chi connectivity index (χ2v) is 5.86. The van der Waals surface area contributed by atoms with E-state index in [4.69, 9.17) is 5.11 Å². The number of amides is 1. The van der Waals surface area contributed by atoms with E-state index in [1.54, 1.807) is 11.9 Å². The van der Waals surface area contributed by atoms with E-state index >= 15 is 0 Å².